The first kappa shape index (κ1) is 12.7. The number of furan rings is 1. The second kappa shape index (κ2) is 5.74. The monoisotopic (exact) mass is 245 g/mol. The van der Waals surface area contributed by atoms with E-state index >= 15 is 0 Å². The highest BCUT2D eigenvalue weighted by atomic mass is 16.3. The van der Waals surface area contributed by atoms with Gasteiger partial charge in [-0.2, -0.15) is 0 Å². The third-order valence-corrected chi connectivity index (χ3v) is 3.14. The molecule has 0 spiro atoms. The molecular formula is C15H19NO2. The van der Waals surface area contributed by atoms with Gasteiger partial charge in [0.2, 0.25) is 0 Å². The number of benzene rings is 1. The standard InChI is InChI=1S/C15H19NO2/c1-3-13(12-7-4-5-8-14(12)17)16-11(2)15-9-6-10-18-15/h4-11,13,16-17H,3H2,1-2H3/t11-,13?/m0/s1. The van der Waals surface area contributed by atoms with Gasteiger partial charge in [-0.1, -0.05) is 25.1 Å². The molecule has 1 unspecified atom stereocenters. The highest BCUT2D eigenvalue weighted by Gasteiger charge is 2.17. The Bertz CT molecular complexity index is 479. The van der Waals surface area contributed by atoms with E-state index in [9.17, 15) is 5.11 Å². The number of rotatable bonds is 5. The number of para-hydroxylation sites is 1. The van der Waals surface area contributed by atoms with E-state index in [1.54, 1.807) is 12.3 Å². The highest BCUT2D eigenvalue weighted by molar-refractivity contribution is 5.34. The van der Waals surface area contributed by atoms with Crippen LogP contribution in [-0.2, 0) is 0 Å². The fourth-order valence-electron chi connectivity index (χ4n) is 2.13. The normalized spacial score (nSPS) is 14.3. The number of hydrogen-bond acceptors (Lipinski definition) is 3. The lowest BCUT2D eigenvalue weighted by atomic mass is 10.0. The Hall–Kier alpha value is -1.74. The van der Waals surface area contributed by atoms with Crippen molar-refractivity contribution in [1.82, 2.24) is 5.32 Å². The van der Waals surface area contributed by atoms with Crippen LogP contribution in [-0.4, -0.2) is 5.11 Å². The van der Waals surface area contributed by atoms with Crippen LogP contribution < -0.4 is 5.32 Å². The van der Waals surface area contributed by atoms with Gasteiger partial charge in [0, 0.05) is 11.6 Å². The van der Waals surface area contributed by atoms with E-state index in [1.807, 2.05) is 30.3 Å². The van der Waals surface area contributed by atoms with E-state index in [0.717, 1.165) is 17.7 Å². The predicted octanol–water partition coefficient (Wildman–Crippen LogP) is 3.79. The van der Waals surface area contributed by atoms with Crippen molar-refractivity contribution in [3.8, 4) is 5.75 Å². The number of nitrogens with one attached hydrogen (secondary N) is 1. The first-order valence-electron chi connectivity index (χ1n) is 6.29. The van der Waals surface area contributed by atoms with E-state index in [1.165, 1.54) is 0 Å². The second-order valence-corrected chi connectivity index (χ2v) is 4.42. The van der Waals surface area contributed by atoms with E-state index in [2.05, 4.69) is 19.2 Å². The van der Waals surface area contributed by atoms with Gasteiger partial charge in [-0.25, -0.2) is 0 Å². The highest BCUT2D eigenvalue weighted by Crippen LogP contribution is 2.28. The van der Waals surface area contributed by atoms with Crippen LogP contribution in [0.4, 0.5) is 0 Å². The fourth-order valence-corrected chi connectivity index (χ4v) is 2.13. The average Bonchev–Trinajstić information content (AvgIpc) is 2.90. The quantitative estimate of drug-likeness (QED) is 0.842. The van der Waals surface area contributed by atoms with E-state index in [-0.39, 0.29) is 12.1 Å². The molecule has 1 heterocycles. The van der Waals surface area contributed by atoms with Crippen LogP contribution in [0, 0.1) is 0 Å². The Morgan fingerprint density at radius 2 is 2.00 bits per heavy atom. The zero-order chi connectivity index (χ0) is 13.0. The van der Waals surface area contributed by atoms with Crippen molar-refractivity contribution < 1.29 is 9.52 Å². The molecule has 2 N–H and O–H groups in total. The Labute approximate surface area is 107 Å². The van der Waals surface area contributed by atoms with Gasteiger partial charge in [-0.3, -0.25) is 0 Å². The summed E-state index contributed by atoms with van der Waals surface area (Å²) < 4.78 is 5.38. The summed E-state index contributed by atoms with van der Waals surface area (Å²) in [7, 11) is 0. The molecule has 0 radical (unpaired) electrons. The second-order valence-electron chi connectivity index (χ2n) is 4.42. The van der Waals surface area contributed by atoms with Gasteiger partial charge in [0.25, 0.3) is 0 Å². The molecule has 3 nitrogen and oxygen atoms in total. The zero-order valence-corrected chi connectivity index (χ0v) is 10.8. The van der Waals surface area contributed by atoms with E-state index in [4.69, 9.17) is 4.42 Å². The Morgan fingerprint density at radius 1 is 1.22 bits per heavy atom. The number of aromatic hydroxyl groups is 1. The molecule has 0 amide bonds. The lowest BCUT2D eigenvalue weighted by Gasteiger charge is -2.22. The third kappa shape index (κ3) is 2.74. The van der Waals surface area contributed by atoms with Gasteiger partial charge in [-0.05, 0) is 31.5 Å². The Morgan fingerprint density at radius 3 is 2.61 bits per heavy atom. The number of hydrogen-bond donors (Lipinski definition) is 2. The third-order valence-electron chi connectivity index (χ3n) is 3.14. The smallest absolute Gasteiger partial charge is 0.120 e. The van der Waals surface area contributed by atoms with Crippen LogP contribution in [0.1, 0.15) is 43.7 Å². The molecule has 0 aliphatic rings. The molecule has 3 heteroatoms. The molecule has 2 atom stereocenters. The topological polar surface area (TPSA) is 45.4 Å². The molecule has 1 aromatic heterocycles. The molecule has 0 saturated heterocycles. The average molecular weight is 245 g/mol. The minimum Gasteiger partial charge on any atom is -0.508 e. The van der Waals surface area contributed by atoms with Crippen molar-refractivity contribution >= 4 is 0 Å². The molecule has 2 aromatic rings. The molecule has 2 rings (SSSR count). The number of phenolic OH excluding ortho intramolecular Hbond substituents is 1. The van der Waals surface area contributed by atoms with Crippen molar-refractivity contribution in [3.63, 3.8) is 0 Å². The van der Waals surface area contributed by atoms with Crippen LogP contribution in [0.3, 0.4) is 0 Å². The SMILES string of the molecule is CCC(N[C@@H](C)c1ccco1)c1ccccc1O. The molecule has 1 aromatic carbocycles. The minimum atomic E-state index is 0.115. The molecule has 0 saturated carbocycles. The van der Waals surface area contributed by atoms with Crippen LogP contribution in [0.2, 0.25) is 0 Å². The summed E-state index contributed by atoms with van der Waals surface area (Å²) in [4.78, 5) is 0. The van der Waals surface area contributed by atoms with E-state index < -0.39 is 0 Å². The summed E-state index contributed by atoms with van der Waals surface area (Å²) >= 11 is 0. The van der Waals surface area contributed by atoms with Crippen molar-refractivity contribution in [2.24, 2.45) is 0 Å². The molecule has 96 valence electrons. The van der Waals surface area contributed by atoms with Gasteiger partial charge < -0.3 is 14.8 Å². The maximum Gasteiger partial charge on any atom is 0.120 e. The Balaban J connectivity index is 2.13. The summed E-state index contributed by atoms with van der Waals surface area (Å²) in [6, 6.07) is 11.5. The molecule has 18 heavy (non-hydrogen) atoms. The summed E-state index contributed by atoms with van der Waals surface area (Å²) in [6.07, 6.45) is 2.58. The first-order valence-corrected chi connectivity index (χ1v) is 6.29. The van der Waals surface area contributed by atoms with Gasteiger partial charge in [0.15, 0.2) is 0 Å². The maximum absolute atomic E-state index is 9.89. The lowest BCUT2D eigenvalue weighted by Crippen LogP contribution is -2.24. The fraction of sp³-hybridized carbons (Fsp3) is 0.333. The molecular weight excluding hydrogens is 226 g/mol. The molecule has 0 fully saturated rings. The number of phenols is 1. The summed E-state index contributed by atoms with van der Waals surface area (Å²) in [5, 5.41) is 13.4. The summed E-state index contributed by atoms with van der Waals surface area (Å²) in [6.45, 7) is 4.15. The van der Waals surface area contributed by atoms with Crippen molar-refractivity contribution in [1.29, 1.82) is 0 Å². The van der Waals surface area contributed by atoms with Gasteiger partial charge in [0.05, 0.1) is 12.3 Å². The van der Waals surface area contributed by atoms with Crippen molar-refractivity contribution in [2.75, 3.05) is 0 Å². The maximum atomic E-state index is 9.89. The van der Waals surface area contributed by atoms with Crippen LogP contribution in [0.5, 0.6) is 5.75 Å². The molecule has 0 bridgehead atoms. The largest absolute Gasteiger partial charge is 0.508 e. The zero-order valence-electron chi connectivity index (χ0n) is 10.8. The van der Waals surface area contributed by atoms with Crippen LogP contribution in [0.25, 0.3) is 0 Å². The van der Waals surface area contributed by atoms with Crippen molar-refractivity contribution in [3.05, 3.63) is 54.0 Å². The van der Waals surface area contributed by atoms with E-state index in [0.29, 0.717) is 5.75 Å². The summed E-state index contributed by atoms with van der Waals surface area (Å²) in [5.74, 6) is 1.24. The molecule has 0 aliphatic heterocycles. The van der Waals surface area contributed by atoms with Gasteiger partial charge in [0.1, 0.15) is 11.5 Å². The summed E-state index contributed by atoms with van der Waals surface area (Å²) in [5.41, 5.74) is 0.929. The first-order chi connectivity index (χ1) is 8.72. The van der Waals surface area contributed by atoms with Gasteiger partial charge in [-0.15, -0.1) is 0 Å². The lowest BCUT2D eigenvalue weighted by molar-refractivity contribution is 0.376. The Kier molecular flexibility index (Phi) is 4.05. The van der Waals surface area contributed by atoms with Gasteiger partial charge >= 0.3 is 0 Å². The van der Waals surface area contributed by atoms with Crippen LogP contribution in [0.15, 0.2) is 47.1 Å². The molecule has 0 aliphatic carbocycles. The van der Waals surface area contributed by atoms with Crippen LogP contribution >= 0.6 is 0 Å². The predicted molar refractivity (Wildman–Crippen MR) is 71.4 cm³/mol. The minimum absolute atomic E-state index is 0.115. The van der Waals surface area contributed by atoms with Crippen molar-refractivity contribution in [2.45, 2.75) is 32.4 Å².